The summed E-state index contributed by atoms with van der Waals surface area (Å²) < 4.78 is 10.9. The standard InChI is InChI=1S/C15H14N2O3/c18-12-6-3-5-10(12)15-16-14(17-20-15)11-8-19-13-7-2-1-4-9(11)13/h1-2,4,7,10-11H,3,5-6,8H2. The van der Waals surface area contributed by atoms with Crippen LogP contribution in [0.25, 0.3) is 0 Å². The van der Waals surface area contributed by atoms with Crippen molar-refractivity contribution in [3.05, 3.63) is 41.5 Å². The van der Waals surface area contributed by atoms with Gasteiger partial charge in [-0.25, -0.2) is 0 Å². The number of para-hydroxylation sites is 1. The van der Waals surface area contributed by atoms with Gasteiger partial charge in [-0.1, -0.05) is 23.4 Å². The number of aromatic nitrogens is 2. The van der Waals surface area contributed by atoms with E-state index in [1.54, 1.807) is 0 Å². The minimum atomic E-state index is -0.200. The lowest BCUT2D eigenvalue weighted by molar-refractivity contribution is -0.119. The van der Waals surface area contributed by atoms with Gasteiger partial charge in [-0.05, 0) is 18.9 Å². The van der Waals surface area contributed by atoms with E-state index in [9.17, 15) is 4.79 Å². The lowest BCUT2D eigenvalue weighted by Gasteiger charge is -2.02. The van der Waals surface area contributed by atoms with Gasteiger partial charge in [0.2, 0.25) is 5.89 Å². The fraction of sp³-hybridized carbons (Fsp3) is 0.400. The Morgan fingerprint density at radius 1 is 1.20 bits per heavy atom. The van der Waals surface area contributed by atoms with Crippen molar-refractivity contribution in [1.29, 1.82) is 0 Å². The minimum absolute atomic E-state index is 0.000190. The molecule has 20 heavy (non-hydrogen) atoms. The molecule has 5 nitrogen and oxygen atoms in total. The molecule has 1 aliphatic heterocycles. The molecule has 4 rings (SSSR count). The van der Waals surface area contributed by atoms with Crippen molar-refractivity contribution in [2.45, 2.75) is 31.1 Å². The fourth-order valence-corrected chi connectivity index (χ4v) is 2.98. The first-order valence-corrected chi connectivity index (χ1v) is 6.91. The van der Waals surface area contributed by atoms with Gasteiger partial charge < -0.3 is 9.26 Å². The van der Waals surface area contributed by atoms with Crippen LogP contribution in [-0.2, 0) is 4.79 Å². The number of benzene rings is 1. The molecule has 0 N–H and O–H groups in total. The van der Waals surface area contributed by atoms with E-state index in [0.29, 0.717) is 24.7 Å². The average Bonchev–Trinajstić information content (AvgIpc) is 3.15. The van der Waals surface area contributed by atoms with Crippen LogP contribution in [-0.4, -0.2) is 22.5 Å². The lowest BCUT2D eigenvalue weighted by Crippen LogP contribution is -2.07. The Hall–Kier alpha value is -2.17. The highest BCUT2D eigenvalue weighted by atomic mass is 16.5. The molecule has 2 unspecified atom stereocenters. The number of carbonyl (C=O) groups is 1. The van der Waals surface area contributed by atoms with Crippen molar-refractivity contribution in [2.24, 2.45) is 0 Å². The third kappa shape index (κ3) is 1.73. The molecular formula is C15H14N2O3. The van der Waals surface area contributed by atoms with E-state index in [1.807, 2.05) is 24.3 Å². The summed E-state index contributed by atoms with van der Waals surface area (Å²) in [5.74, 6) is 1.97. The molecule has 2 heterocycles. The van der Waals surface area contributed by atoms with E-state index in [1.165, 1.54) is 0 Å². The molecule has 0 bridgehead atoms. The second kappa shape index (κ2) is 4.44. The van der Waals surface area contributed by atoms with Crippen LogP contribution in [0.1, 0.15) is 48.4 Å². The van der Waals surface area contributed by atoms with Crippen molar-refractivity contribution in [3.63, 3.8) is 0 Å². The van der Waals surface area contributed by atoms with E-state index >= 15 is 0 Å². The summed E-state index contributed by atoms with van der Waals surface area (Å²) in [6.07, 6.45) is 2.35. The summed E-state index contributed by atoms with van der Waals surface area (Å²) in [5.41, 5.74) is 1.08. The predicted molar refractivity (Wildman–Crippen MR) is 69.7 cm³/mol. The molecule has 0 spiro atoms. The molecule has 102 valence electrons. The lowest BCUT2D eigenvalue weighted by atomic mass is 10.0. The van der Waals surface area contributed by atoms with Crippen LogP contribution in [0.4, 0.5) is 0 Å². The Labute approximate surface area is 115 Å². The van der Waals surface area contributed by atoms with E-state index in [-0.39, 0.29) is 17.6 Å². The molecule has 0 amide bonds. The number of ketones is 1. The summed E-state index contributed by atoms with van der Waals surface area (Å²) in [6.45, 7) is 0.525. The molecule has 1 aromatic carbocycles. The Morgan fingerprint density at radius 2 is 2.10 bits per heavy atom. The molecule has 5 heteroatoms. The molecule has 1 saturated carbocycles. The topological polar surface area (TPSA) is 65.2 Å². The van der Waals surface area contributed by atoms with Crippen LogP contribution in [0.2, 0.25) is 0 Å². The quantitative estimate of drug-likeness (QED) is 0.838. The largest absolute Gasteiger partial charge is 0.492 e. The summed E-state index contributed by atoms with van der Waals surface area (Å²) >= 11 is 0. The van der Waals surface area contributed by atoms with Crippen LogP contribution >= 0.6 is 0 Å². The first kappa shape index (κ1) is 11.6. The molecule has 0 radical (unpaired) electrons. The molecule has 1 aliphatic carbocycles. The first-order chi connectivity index (χ1) is 9.83. The van der Waals surface area contributed by atoms with Crippen molar-refractivity contribution >= 4 is 5.78 Å². The number of nitrogens with zero attached hydrogens (tertiary/aromatic N) is 2. The zero-order chi connectivity index (χ0) is 13.5. The summed E-state index contributed by atoms with van der Waals surface area (Å²) in [6, 6.07) is 7.88. The Morgan fingerprint density at radius 3 is 2.95 bits per heavy atom. The molecule has 2 aromatic rings. The zero-order valence-corrected chi connectivity index (χ0v) is 10.9. The van der Waals surface area contributed by atoms with Crippen molar-refractivity contribution in [1.82, 2.24) is 10.1 Å². The predicted octanol–water partition coefficient (Wildman–Crippen LogP) is 2.43. The number of hydrogen-bond donors (Lipinski definition) is 0. The molecule has 2 aliphatic rings. The molecule has 2 atom stereocenters. The fourth-order valence-electron chi connectivity index (χ4n) is 2.98. The third-order valence-electron chi connectivity index (χ3n) is 4.07. The van der Waals surface area contributed by atoms with E-state index in [0.717, 1.165) is 24.2 Å². The van der Waals surface area contributed by atoms with E-state index in [2.05, 4.69) is 10.1 Å². The maximum atomic E-state index is 11.8. The van der Waals surface area contributed by atoms with Crippen molar-refractivity contribution < 1.29 is 14.1 Å². The van der Waals surface area contributed by atoms with Crippen LogP contribution in [0.15, 0.2) is 28.8 Å². The second-order valence-corrected chi connectivity index (χ2v) is 5.30. The number of rotatable bonds is 2. The maximum Gasteiger partial charge on any atom is 0.237 e. The third-order valence-corrected chi connectivity index (χ3v) is 4.07. The molecular weight excluding hydrogens is 256 g/mol. The van der Waals surface area contributed by atoms with Crippen LogP contribution in [0, 0.1) is 0 Å². The summed E-state index contributed by atoms with van der Waals surface area (Å²) in [7, 11) is 0. The maximum absolute atomic E-state index is 11.8. The Bertz CT molecular complexity index is 665. The van der Waals surface area contributed by atoms with Gasteiger partial charge >= 0.3 is 0 Å². The number of hydrogen-bond acceptors (Lipinski definition) is 5. The van der Waals surface area contributed by atoms with Crippen molar-refractivity contribution in [3.8, 4) is 5.75 Å². The van der Waals surface area contributed by atoms with Crippen LogP contribution in [0.3, 0.4) is 0 Å². The first-order valence-electron chi connectivity index (χ1n) is 6.91. The van der Waals surface area contributed by atoms with Crippen LogP contribution < -0.4 is 4.74 Å². The number of fused-ring (bicyclic) bond motifs is 1. The number of ether oxygens (including phenoxy) is 1. The molecule has 1 fully saturated rings. The van der Waals surface area contributed by atoms with Gasteiger partial charge in [-0.3, -0.25) is 4.79 Å². The van der Waals surface area contributed by atoms with E-state index in [4.69, 9.17) is 9.26 Å². The summed E-state index contributed by atoms with van der Waals surface area (Å²) in [4.78, 5) is 16.2. The average molecular weight is 270 g/mol. The highest BCUT2D eigenvalue weighted by molar-refractivity contribution is 5.86. The van der Waals surface area contributed by atoms with Gasteiger partial charge in [-0.2, -0.15) is 4.98 Å². The second-order valence-electron chi connectivity index (χ2n) is 5.30. The Balaban J connectivity index is 1.65. The van der Waals surface area contributed by atoms with Crippen LogP contribution in [0.5, 0.6) is 5.75 Å². The van der Waals surface area contributed by atoms with Gasteiger partial charge in [-0.15, -0.1) is 0 Å². The highest BCUT2D eigenvalue weighted by Gasteiger charge is 2.34. The highest BCUT2D eigenvalue weighted by Crippen LogP contribution is 2.37. The van der Waals surface area contributed by atoms with Gasteiger partial charge in [0.1, 0.15) is 18.1 Å². The number of Topliss-reactive ketones (excluding diaryl/α,β-unsaturated/α-hetero) is 1. The normalized spacial score (nSPS) is 24.7. The van der Waals surface area contributed by atoms with Gasteiger partial charge in [0.15, 0.2) is 5.82 Å². The Kier molecular flexibility index (Phi) is 2.58. The van der Waals surface area contributed by atoms with E-state index < -0.39 is 0 Å². The number of carbonyl (C=O) groups excluding carboxylic acids is 1. The monoisotopic (exact) mass is 270 g/mol. The van der Waals surface area contributed by atoms with Crippen molar-refractivity contribution in [2.75, 3.05) is 6.61 Å². The summed E-state index contributed by atoms with van der Waals surface area (Å²) in [5, 5.41) is 4.06. The smallest absolute Gasteiger partial charge is 0.237 e. The minimum Gasteiger partial charge on any atom is -0.492 e. The zero-order valence-electron chi connectivity index (χ0n) is 10.9. The van der Waals surface area contributed by atoms with Gasteiger partial charge in [0.05, 0.1) is 11.8 Å². The van der Waals surface area contributed by atoms with Gasteiger partial charge in [0, 0.05) is 12.0 Å². The SMILES string of the molecule is O=C1CCCC1c1nc(C2COc3ccccc32)no1. The molecule has 0 saturated heterocycles. The molecule has 1 aromatic heterocycles. The van der Waals surface area contributed by atoms with Gasteiger partial charge in [0.25, 0.3) is 0 Å².